The largest absolute Gasteiger partial charge is 0.478 e. The first kappa shape index (κ1) is 14.1. The molecule has 0 spiro atoms. The highest BCUT2D eigenvalue weighted by molar-refractivity contribution is 7.98. The summed E-state index contributed by atoms with van der Waals surface area (Å²) in [6.07, 6.45) is 4.60. The summed E-state index contributed by atoms with van der Waals surface area (Å²) in [6.45, 7) is 0.986. The van der Waals surface area contributed by atoms with Crippen LogP contribution in [0, 0.1) is 0 Å². The van der Waals surface area contributed by atoms with E-state index in [0.717, 1.165) is 29.5 Å². The molecule has 0 unspecified atom stereocenters. The fraction of sp³-hybridized carbons (Fsp3) is 0.400. The topological polar surface area (TPSA) is 68.0 Å². The van der Waals surface area contributed by atoms with Crippen molar-refractivity contribution in [2.45, 2.75) is 43.1 Å². The third kappa shape index (κ3) is 3.26. The number of benzene rings is 1. The number of aromatic carboxylic acids is 1. The van der Waals surface area contributed by atoms with Crippen LogP contribution >= 0.6 is 11.8 Å². The van der Waals surface area contributed by atoms with Gasteiger partial charge in [0.2, 0.25) is 0 Å². The van der Waals surface area contributed by atoms with Gasteiger partial charge >= 0.3 is 5.97 Å². The van der Waals surface area contributed by atoms with Gasteiger partial charge in [0.1, 0.15) is 5.82 Å². The van der Waals surface area contributed by atoms with Crippen LogP contribution in [0.1, 0.15) is 41.0 Å². The molecule has 1 aliphatic rings. The quantitative estimate of drug-likeness (QED) is 0.879. The number of carboxylic acids is 1. The van der Waals surface area contributed by atoms with Crippen molar-refractivity contribution in [1.29, 1.82) is 0 Å². The van der Waals surface area contributed by atoms with Crippen molar-refractivity contribution in [2.75, 3.05) is 0 Å². The van der Waals surface area contributed by atoms with Crippen LogP contribution in [-0.2, 0) is 18.7 Å². The highest BCUT2D eigenvalue weighted by atomic mass is 32.2. The summed E-state index contributed by atoms with van der Waals surface area (Å²) in [7, 11) is 0. The van der Waals surface area contributed by atoms with Crippen molar-refractivity contribution >= 4 is 17.7 Å². The lowest BCUT2D eigenvalue weighted by atomic mass is 10.1. The summed E-state index contributed by atoms with van der Waals surface area (Å²) in [4.78, 5) is 11.0. The molecular formula is C15H17N3O2S. The van der Waals surface area contributed by atoms with Crippen molar-refractivity contribution in [2.24, 2.45) is 0 Å². The van der Waals surface area contributed by atoms with E-state index in [1.165, 1.54) is 19.3 Å². The zero-order valence-corrected chi connectivity index (χ0v) is 12.5. The number of aromatic nitrogens is 3. The monoisotopic (exact) mass is 303 g/mol. The Bertz CT molecular complexity index is 654. The number of carboxylic acid groups (broad SMARTS) is 1. The molecule has 0 radical (unpaired) electrons. The predicted molar refractivity (Wildman–Crippen MR) is 80.5 cm³/mol. The van der Waals surface area contributed by atoms with Crippen LogP contribution in [0.3, 0.4) is 0 Å². The van der Waals surface area contributed by atoms with Crippen LogP contribution in [0.15, 0.2) is 29.4 Å². The van der Waals surface area contributed by atoms with Gasteiger partial charge in [0.25, 0.3) is 0 Å². The number of aryl methyl sites for hydroxylation is 1. The molecule has 0 saturated carbocycles. The van der Waals surface area contributed by atoms with E-state index in [0.29, 0.717) is 11.3 Å². The Morgan fingerprint density at radius 2 is 2.19 bits per heavy atom. The maximum Gasteiger partial charge on any atom is 0.335 e. The number of carbonyl (C=O) groups is 1. The number of fused-ring (bicyclic) bond motifs is 1. The molecule has 2 heterocycles. The van der Waals surface area contributed by atoms with Gasteiger partial charge in [0.05, 0.1) is 5.56 Å². The maximum absolute atomic E-state index is 11.0. The van der Waals surface area contributed by atoms with E-state index in [1.807, 2.05) is 6.07 Å². The average Bonchev–Trinajstić information content (AvgIpc) is 2.72. The van der Waals surface area contributed by atoms with E-state index in [4.69, 9.17) is 5.11 Å². The first-order valence-electron chi connectivity index (χ1n) is 7.11. The molecule has 1 N–H and O–H groups in total. The molecule has 110 valence electrons. The minimum atomic E-state index is -0.891. The molecule has 0 atom stereocenters. The molecule has 0 amide bonds. The van der Waals surface area contributed by atoms with Gasteiger partial charge < -0.3 is 9.67 Å². The van der Waals surface area contributed by atoms with Gasteiger partial charge in [-0.25, -0.2) is 4.79 Å². The molecule has 3 rings (SSSR count). The van der Waals surface area contributed by atoms with E-state index in [1.54, 1.807) is 30.0 Å². The Morgan fingerprint density at radius 1 is 1.29 bits per heavy atom. The molecule has 1 aromatic carbocycles. The highest BCUT2D eigenvalue weighted by Gasteiger charge is 2.15. The van der Waals surface area contributed by atoms with E-state index >= 15 is 0 Å². The Labute approximate surface area is 127 Å². The summed E-state index contributed by atoms with van der Waals surface area (Å²) >= 11 is 1.62. The van der Waals surface area contributed by atoms with Crippen LogP contribution in [-0.4, -0.2) is 25.8 Å². The first-order chi connectivity index (χ1) is 10.2. The van der Waals surface area contributed by atoms with Crippen molar-refractivity contribution in [3.8, 4) is 0 Å². The third-order valence-corrected chi connectivity index (χ3v) is 4.66. The normalized spacial score (nSPS) is 14.5. The fourth-order valence-electron chi connectivity index (χ4n) is 2.51. The van der Waals surface area contributed by atoms with Gasteiger partial charge in [-0.2, -0.15) is 0 Å². The second-order valence-electron chi connectivity index (χ2n) is 5.16. The number of hydrogen-bond acceptors (Lipinski definition) is 4. The van der Waals surface area contributed by atoms with Crippen molar-refractivity contribution in [1.82, 2.24) is 14.8 Å². The maximum atomic E-state index is 11.0. The molecule has 1 aliphatic heterocycles. The lowest BCUT2D eigenvalue weighted by Crippen LogP contribution is -2.02. The molecule has 0 aliphatic carbocycles. The zero-order chi connectivity index (χ0) is 14.7. The van der Waals surface area contributed by atoms with Gasteiger partial charge in [-0.05, 0) is 30.5 Å². The summed E-state index contributed by atoms with van der Waals surface area (Å²) < 4.78 is 2.21. The van der Waals surface area contributed by atoms with Gasteiger partial charge in [0, 0.05) is 18.7 Å². The second-order valence-corrected chi connectivity index (χ2v) is 6.10. The van der Waals surface area contributed by atoms with Crippen LogP contribution in [0.25, 0.3) is 0 Å². The standard InChI is InChI=1S/C15H17N3O2S/c19-14(20)12-6-4-5-11(9-12)10-21-15-17-16-13-7-2-1-3-8-18(13)15/h4-6,9H,1-3,7-8,10H2,(H,19,20). The number of rotatable bonds is 4. The van der Waals surface area contributed by atoms with E-state index in [2.05, 4.69) is 14.8 Å². The number of thioether (sulfide) groups is 1. The summed E-state index contributed by atoms with van der Waals surface area (Å²) in [5.41, 5.74) is 1.32. The molecule has 5 nitrogen and oxygen atoms in total. The highest BCUT2D eigenvalue weighted by Crippen LogP contribution is 2.25. The molecular weight excluding hydrogens is 286 g/mol. The molecule has 2 aromatic rings. The first-order valence-corrected chi connectivity index (χ1v) is 8.10. The minimum Gasteiger partial charge on any atom is -0.478 e. The van der Waals surface area contributed by atoms with E-state index in [9.17, 15) is 4.79 Å². The fourth-order valence-corrected chi connectivity index (χ4v) is 3.43. The Hall–Kier alpha value is -1.82. The molecule has 0 saturated heterocycles. The van der Waals surface area contributed by atoms with E-state index in [-0.39, 0.29) is 0 Å². The minimum absolute atomic E-state index is 0.327. The number of nitrogens with zero attached hydrogens (tertiary/aromatic N) is 3. The number of hydrogen-bond donors (Lipinski definition) is 1. The van der Waals surface area contributed by atoms with E-state index < -0.39 is 5.97 Å². The van der Waals surface area contributed by atoms with Gasteiger partial charge in [-0.3, -0.25) is 0 Å². The van der Waals surface area contributed by atoms with Gasteiger partial charge in [0.15, 0.2) is 5.16 Å². The Balaban J connectivity index is 1.72. The summed E-state index contributed by atoms with van der Waals surface area (Å²) in [6, 6.07) is 7.05. The zero-order valence-electron chi connectivity index (χ0n) is 11.7. The Kier molecular flexibility index (Phi) is 4.24. The average molecular weight is 303 g/mol. The smallest absolute Gasteiger partial charge is 0.335 e. The van der Waals surface area contributed by atoms with Crippen molar-refractivity contribution < 1.29 is 9.90 Å². The third-order valence-electron chi connectivity index (χ3n) is 3.62. The van der Waals surface area contributed by atoms with Crippen LogP contribution in [0.4, 0.5) is 0 Å². The summed E-state index contributed by atoms with van der Waals surface area (Å²) in [5.74, 6) is 0.895. The molecule has 0 bridgehead atoms. The molecule has 1 aromatic heterocycles. The van der Waals surface area contributed by atoms with Crippen LogP contribution in [0.2, 0.25) is 0 Å². The molecule has 6 heteroatoms. The lowest BCUT2D eigenvalue weighted by molar-refractivity contribution is 0.0697. The van der Waals surface area contributed by atoms with Crippen molar-refractivity contribution in [3.05, 3.63) is 41.2 Å². The lowest BCUT2D eigenvalue weighted by Gasteiger charge is -2.06. The molecule has 0 fully saturated rings. The van der Waals surface area contributed by atoms with Gasteiger partial charge in [-0.1, -0.05) is 30.3 Å². The predicted octanol–water partition coefficient (Wildman–Crippen LogP) is 3.00. The summed E-state index contributed by atoms with van der Waals surface area (Å²) in [5, 5.41) is 18.5. The second kappa shape index (κ2) is 6.30. The SMILES string of the molecule is O=C(O)c1cccc(CSc2nnc3n2CCCCC3)c1. The van der Waals surface area contributed by atoms with Crippen LogP contribution < -0.4 is 0 Å². The van der Waals surface area contributed by atoms with Gasteiger partial charge in [-0.15, -0.1) is 10.2 Å². The molecule has 21 heavy (non-hydrogen) atoms. The van der Waals surface area contributed by atoms with Crippen LogP contribution in [0.5, 0.6) is 0 Å². The van der Waals surface area contributed by atoms with Crippen molar-refractivity contribution in [3.63, 3.8) is 0 Å². The Morgan fingerprint density at radius 3 is 3.05 bits per heavy atom.